The molecule has 0 fully saturated rings. The van der Waals surface area contributed by atoms with E-state index in [0.717, 1.165) is 11.4 Å². The molecule has 1 N–H and O–H groups in total. The van der Waals surface area contributed by atoms with Crippen LogP contribution < -0.4 is 5.32 Å². The summed E-state index contributed by atoms with van der Waals surface area (Å²) in [4.78, 5) is 35.8. The Kier molecular flexibility index (Phi) is 5.42. The molecule has 4 rings (SSSR count). The van der Waals surface area contributed by atoms with Gasteiger partial charge in [-0.3, -0.25) is 14.9 Å². The minimum absolute atomic E-state index is 0.0117. The zero-order valence-corrected chi connectivity index (χ0v) is 17.5. The second kappa shape index (κ2) is 8.16. The van der Waals surface area contributed by atoms with Crippen LogP contribution in [0.1, 0.15) is 11.4 Å². The number of carbonyl (C=O) groups is 1. The van der Waals surface area contributed by atoms with Crippen molar-refractivity contribution in [3.05, 3.63) is 57.2 Å². The smallest absolute Gasteiger partial charge is 0.270 e. The molecule has 10 nitrogen and oxygen atoms in total. The minimum Gasteiger partial charge on any atom is -0.301 e. The molecule has 12 heteroatoms. The number of hydrogen-bond donors (Lipinski definition) is 1. The predicted molar refractivity (Wildman–Crippen MR) is 114 cm³/mol. The molecule has 30 heavy (non-hydrogen) atoms. The number of anilines is 1. The van der Waals surface area contributed by atoms with Gasteiger partial charge in [0.05, 0.1) is 16.4 Å². The molecular weight excluding hydrogens is 426 g/mol. The van der Waals surface area contributed by atoms with Gasteiger partial charge < -0.3 is 5.32 Å². The molecule has 0 unspecified atom stereocenters. The third-order valence-corrected chi connectivity index (χ3v) is 5.63. The summed E-state index contributed by atoms with van der Waals surface area (Å²) in [5.74, 6) is 0.359. The molecule has 0 aliphatic heterocycles. The molecule has 3 heterocycles. The molecule has 0 spiro atoms. The topological polar surface area (TPSA) is 128 Å². The molecular formula is C18H15N7O3S2. The summed E-state index contributed by atoms with van der Waals surface area (Å²) in [6.07, 6.45) is 0. The lowest BCUT2D eigenvalue weighted by Gasteiger charge is -2.00. The quantitative estimate of drug-likeness (QED) is 0.273. The minimum atomic E-state index is -0.457. The molecule has 0 aliphatic carbocycles. The lowest BCUT2D eigenvalue weighted by atomic mass is 10.1. The first-order valence-corrected chi connectivity index (χ1v) is 10.6. The number of non-ortho nitro benzene ring substituents is 1. The second-order valence-electron chi connectivity index (χ2n) is 6.33. The lowest BCUT2D eigenvalue weighted by molar-refractivity contribution is -0.384. The molecule has 0 aliphatic rings. The maximum Gasteiger partial charge on any atom is 0.270 e. The lowest BCUT2D eigenvalue weighted by Crippen LogP contribution is -2.13. The number of rotatable bonds is 6. The summed E-state index contributed by atoms with van der Waals surface area (Å²) in [5.41, 5.74) is 2.93. The number of nitro benzene ring substituents is 1. The van der Waals surface area contributed by atoms with E-state index in [9.17, 15) is 14.9 Å². The van der Waals surface area contributed by atoms with E-state index in [4.69, 9.17) is 0 Å². The summed E-state index contributed by atoms with van der Waals surface area (Å²) in [6.45, 7) is 3.80. The van der Waals surface area contributed by atoms with Gasteiger partial charge >= 0.3 is 0 Å². The zero-order chi connectivity index (χ0) is 21.3. The fraction of sp³-hybridized carbons (Fsp3) is 0.167. The van der Waals surface area contributed by atoms with Crippen molar-refractivity contribution in [3.63, 3.8) is 0 Å². The van der Waals surface area contributed by atoms with Crippen LogP contribution in [-0.2, 0) is 4.79 Å². The monoisotopic (exact) mass is 441 g/mol. The first kappa shape index (κ1) is 19.9. The van der Waals surface area contributed by atoms with Crippen molar-refractivity contribution in [2.24, 2.45) is 0 Å². The molecule has 3 aromatic heterocycles. The van der Waals surface area contributed by atoms with Gasteiger partial charge in [-0.15, -0.1) is 16.4 Å². The van der Waals surface area contributed by atoms with Crippen LogP contribution >= 0.6 is 23.1 Å². The number of hydrogen-bond acceptors (Lipinski definition) is 9. The molecule has 0 atom stereocenters. The number of benzene rings is 1. The van der Waals surface area contributed by atoms with Crippen LogP contribution in [-0.4, -0.2) is 41.1 Å². The Balaban J connectivity index is 1.40. The average Bonchev–Trinajstić information content (AvgIpc) is 3.33. The number of aromatic nitrogens is 5. The van der Waals surface area contributed by atoms with E-state index in [1.165, 1.54) is 35.2 Å². The van der Waals surface area contributed by atoms with Crippen molar-refractivity contribution in [2.75, 3.05) is 11.1 Å². The summed E-state index contributed by atoms with van der Waals surface area (Å²) >= 11 is 2.45. The largest absolute Gasteiger partial charge is 0.301 e. The van der Waals surface area contributed by atoms with Gasteiger partial charge in [-0.1, -0.05) is 23.9 Å². The van der Waals surface area contributed by atoms with Crippen LogP contribution in [0.15, 0.2) is 40.9 Å². The van der Waals surface area contributed by atoms with Crippen molar-refractivity contribution in [3.8, 4) is 11.3 Å². The Morgan fingerprint density at radius 3 is 2.90 bits per heavy atom. The van der Waals surface area contributed by atoms with Crippen molar-refractivity contribution < 1.29 is 9.72 Å². The van der Waals surface area contributed by atoms with Crippen molar-refractivity contribution in [2.45, 2.75) is 19.0 Å². The normalized spacial score (nSPS) is 11.0. The van der Waals surface area contributed by atoms with Gasteiger partial charge in [-0.2, -0.15) is 4.98 Å². The number of nitrogens with one attached hydrogen (secondary N) is 1. The summed E-state index contributed by atoms with van der Waals surface area (Å²) in [6, 6.07) is 8.10. The molecule has 0 bridgehead atoms. The van der Waals surface area contributed by atoms with Crippen LogP contribution in [0.25, 0.3) is 17.0 Å². The maximum absolute atomic E-state index is 12.3. The van der Waals surface area contributed by atoms with Gasteiger partial charge in [0.15, 0.2) is 5.13 Å². The fourth-order valence-corrected chi connectivity index (χ4v) is 4.09. The Morgan fingerprint density at radius 2 is 2.10 bits per heavy atom. The molecule has 0 saturated carbocycles. The molecule has 4 aromatic rings. The van der Waals surface area contributed by atoms with Crippen LogP contribution in [0.3, 0.4) is 0 Å². The first-order chi connectivity index (χ1) is 14.4. The summed E-state index contributed by atoms with van der Waals surface area (Å²) < 4.78 is 1.64. The Bertz CT molecular complexity index is 1270. The summed E-state index contributed by atoms with van der Waals surface area (Å²) in [5, 5.41) is 20.6. The molecule has 1 aromatic carbocycles. The van der Waals surface area contributed by atoms with Gasteiger partial charge in [-0.05, 0) is 19.9 Å². The Labute approximate surface area is 178 Å². The SMILES string of the molecule is Cc1cc(C)n2nc(SCC(=O)Nc3nc(-c4cccc([N+](=O)[O-])c4)cs3)nc2n1. The number of nitro groups is 1. The van der Waals surface area contributed by atoms with Gasteiger partial charge in [0.25, 0.3) is 11.5 Å². The summed E-state index contributed by atoms with van der Waals surface area (Å²) in [7, 11) is 0. The van der Waals surface area contributed by atoms with Crippen LogP contribution in [0.2, 0.25) is 0 Å². The van der Waals surface area contributed by atoms with Crippen LogP contribution in [0, 0.1) is 24.0 Å². The first-order valence-electron chi connectivity index (χ1n) is 8.73. The standard InChI is InChI=1S/C18H15N7O3S2/c1-10-6-11(2)24-16(19-10)22-18(23-24)30-9-15(26)21-17-20-14(8-29-17)12-4-3-5-13(7-12)25(27)28/h3-8H,9H2,1-2H3,(H,20,21,26). The number of thiazole rings is 1. The van der Waals surface area contributed by atoms with Gasteiger partial charge in [0, 0.05) is 34.5 Å². The van der Waals surface area contributed by atoms with Gasteiger partial charge in [0.2, 0.25) is 11.1 Å². The number of aryl methyl sites for hydroxylation is 2. The highest BCUT2D eigenvalue weighted by atomic mass is 32.2. The van der Waals surface area contributed by atoms with Crippen LogP contribution in [0.4, 0.5) is 10.8 Å². The van der Waals surface area contributed by atoms with Crippen molar-refractivity contribution in [1.29, 1.82) is 0 Å². The van der Waals surface area contributed by atoms with E-state index in [-0.39, 0.29) is 17.3 Å². The highest BCUT2D eigenvalue weighted by Gasteiger charge is 2.13. The average molecular weight is 441 g/mol. The number of thioether (sulfide) groups is 1. The number of amides is 1. The third kappa shape index (κ3) is 4.28. The molecule has 0 saturated heterocycles. The van der Waals surface area contributed by atoms with E-state index in [2.05, 4.69) is 25.4 Å². The highest BCUT2D eigenvalue weighted by Crippen LogP contribution is 2.27. The molecule has 1 amide bonds. The van der Waals surface area contributed by atoms with E-state index < -0.39 is 4.92 Å². The number of fused-ring (bicyclic) bond motifs is 1. The third-order valence-electron chi connectivity index (χ3n) is 4.03. The predicted octanol–water partition coefficient (Wildman–Crippen LogP) is 3.50. The molecule has 0 radical (unpaired) electrons. The van der Waals surface area contributed by atoms with E-state index in [1.54, 1.807) is 22.0 Å². The van der Waals surface area contributed by atoms with Crippen LogP contribution in [0.5, 0.6) is 0 Å². The van der Waals surface area contributed by atoms with Gasteiger partial charge in [-0.25, -0.2) is 14.5 Å². The Hall–Kier alpha value is -3.38. The Morgan fingerprint density at radius 1 is 1.27 bits per heavy atom. The van der Waals surface area contributed by atoms with E-state index >= 15 is 0 Å². The van der Waals surface area contributed by atoms with Crippen molar-refractivity contribution >= 4 is 45.6 Å². The zero-order valence-electron chi connectivity index (χ0n) is 15.9. The van der Waals surface area contributed by atoms with Crippen molar-refractivity contribution in [1.82, 2.24) is 24.6 Å². The number of nitrogens with zero attached hydrogens (tertiary/aromatic N) is 6. The fourth-order valence-electron chi connectivity index (χ4n) is 2.74. The van der Waals surface area contributed by atoms with E-state index in [0.29, 0.717) is 27.3 Å². The highest BCUT2D eigenvalue weighted by molar-refractivity contribution is 7.99. The van der Waals surface area contributed by atoms with Gasteiger partial charge in [0.1, 0.15) is 0 Å². The molecule has 152 valence electrons. The second-order valence-corrected chi connectivity index (χ2v) is 8.13. The maximum atomic E-state index is 12.3. The number of carbonyl (C=O) groups excluding carboxylic acids is 1. The van der Waals surface area contributed by atoms with E-state index in [1.807, 2.05) is 19.9 Å².